The van der Waals surface area contributed by atoms with E-state index in [1.54, 1.807) is 12.1 Å². The van der Waals surface area contributed by atoms with E-state index in [1.165, 1.54) is 11.8 Å². The van der Waals surface area contributed by atoms with Crippen molar-refractivity contribution in [3.05, 3.63) is 59.3 Å². The van der Waals surface area contributed by atoms with Crippen molar-refractivity contribution in [2.24, 2.45) is 0 Å². The number of nitrogens with zero attached hydrogens (tertiary/aromatic N) is 1. The van der Waals surface area contributed by atoms with E-state index >= 15 is 0 Å². The molecule has 2 rings (SSSR count). The molecule has 0 aliphatic rings. The van der Waals surface area contributed by atoms with Crippen molar-refractivity contribution in [2.45, 2.75) is 19.9 Å². The number of rotatable bonds is 4. The molecule has 0 aliphatic heterocycles. The van der Waals surface area contributed by atoms with Crippen LogP contribution in [0.25, 0.3) is 0 Å². The molecule has 0 saturated carbocycles. The largest absolute Gasteiger partial charge is 0.384 e. The number of aromatic nitrogens is 1. The maximum absolute atomic E-state index is 12.0. The van der Waals surface area contributed by atoms with Crippen molar-refractivity contribution >= 4 is 11.7 Å². The summed E-state index contributed by atoms with van der Waals surface area (Å²) in [5.41, 5.74) is 8.47. The van der Waals surface area contributed by atoms with Gasteiger partial charge in [0.25, 0.3) is 5.91 Å². The molecule has 98 valence electrons. The van der Waals surface area contributed by atoms with Gasteiger partial charge in [0.05, 0.1) is 0 Å². The normalized spacial score (nSPS) is 10.2. The van der Waals surface area contributed by atoms with Gasteiger partial charge in [0.1, 0.15) is 5.82 Å². The van der Waals surface area contributed by atoms with Crippen LogP contribution in [-0.4, -0.2) is 10.9 Å². The number of anilines is 1. The molecule has 0 fully saturated rings. The third-order valence-corrected chi connectivity index (χ3v) is 2.98. The van der Waals surface area contributed by atoms with Gasteiger partial charge in [-0.1, -0.05) is 31.2 Å². The molecule has 1 aromatic carbocycles. The Morgan fingerprint density at radius 2 is 2.00 bits per heavy atom. The maximum Gasteiger partial charge on any atom is 0.251 e. The van der Waals surface area contributed by atoms with E-state index in [-0.39, 0.29) is 5.91 Å². The van der Waals surface area contributed by atoms with Crippen LogP contribution in [0.15, 0.2) is 42.6 Å². The first-order valence-corrected chi connectivity index (χ1v) is 6.27. The number of carbonyl (C=O) groups excluding carboxylic acids is 1. The molecule has 1 heterocycles. The van der Waals surface area contributed by atoms with E-state index in [0.29, 0.717) is 17.9 Å². The van der Waals surface area contributed by atoms with Gasteiger partial charge in [-0.3, -0.25) is 4.79 Å². The second kappa shape index (κ2) is 6.00. The number of amides is 1. The van der Waals surface area contributed by atoms with Crippen LogP contribution in [-0.2, 0) is 13.0 Å². The van der Waals surface area contributed by atoms with Crippen LogP contribution in [0.4, 0.5) is 5.82 Å². The Labute approximate surface area is 112 Å². The first-order chi connectivity index (χ1) is 9.20. The predicted molar refractivity (Wildman–Crippen MR) is 75.6 cm³/mol. The van der Waals surface area contributed by atoms with E-state index in [2.05, 4.69) is 23.3 Å². The molecule has 3 N–H and O–H groups in total. The maximum atomic E-state index is 12.0. The molecular formula is C15H17N3O. The molecule has 0 atom stereocenters. The smallest absolute Gasteiger partial charge is 0.251 e. The monoisotopic (exact) mass is 255 g/mol. The minimum absolute atomic E-state index is 0.139. The standard InChI is InChI=1S/C15H17N3O/c1-2-11-5-3-4-6-13(11)10-18-15(19)12-7-8-17-14(16)9-12/h3-9H,2,10H2,1H3,(H2,16,17)(H,18,19). The Morgan fingerprint density at radius 1 is 1.26 bits per heavy atom. The molecule has 19 heavy (non-hydrogen) atoms. The molecule has 0 bridgehead atoms. The summed E-state index contributed by atoms with van der Waals surface area (Å²) in [6, 6.07) is 11.3. The van der Waals surface area contributed by atoms with Crippen LogP contribution >= 0.6 is 0 Å². The van der Waals surface area contributed by atoms with Crippen molar-refractivity contribution in [3.8, 4) is 0 Å². The van der Waals surface area contributed by atoms with Crippen LogP contribution in [0.5, 0.6) is 0 Å². The zero-order chi connectivity index (χ0) is 13.7. The number of hydrogen-bond acceptors (Lipinski definition) is 3. The van der Waals surface area contributed by atoms with Crippen molar-refractivity contribution in [2.75, 3.05) is 5.73 Å². The number of benzene rings is 1. The Balaban J connectivity index is 2.04. The highest BCUT2D eigenvalue weighted by molar-refractivity contribution is 5.94. The topological polar surface area (TPSA) is 68.0 Å². The highest BCUT2D eigenvalue weighted by atomic mass is 16.1. The van der Waals surface area contributed by atoms with Crippen molar-refractivity contribution in [3.63, 3.8) is 0 Å². The lowest BCUT2D eigenvalue weighted by atomic mass is 10.1. The van der Waals surface area contributed by atoms with Gasteiger partial charge in [0.15, 0.2) is 0 Å². The van der Waals surface area contributed by atoms with Gasteiger partial charge >= 0.3 is 0 Å². The molecule has 0 saturated heterocycles. The van der Waals surface area contributed by atoms with Crippen molar-refractivity contribution in [1.29, 1.82) is 0 Å². The summed E-state index contributed by atoms with van der Waals surface area (Å²) in [7, 11) is 0. The summed E-state index contributed by atoms with van der Waals surface area (Å²) in [5, 5.41) is 2.89. The fourth-order valence-corrected chi connectivity index (χ4v) is 1.94. The Kier molecular flexibility index (Phi) is 4.13. The van der Waals surface area contributed by atoms with E-state index in [1.807, 2.05) is 18.2 Å². The molecule has 1 aromatic heterocycles. The van der Waals surface area contributed by atoms with Crippen LogP contribution in [0, 0.1) is 0 Å². The Hall–Kier alpha value is -2.36. The second-order valence-electron chi connectivity index (χ2n) is 4.27. The zero-order valence-corrected chi connectivity index (χ0v) is 10.9. The van der Waals surface area contributed by atoms with Gasteiger partial charge in [0, 0.05) is 18.3 Å². The molecule has 2 aromatic rings. The molecule has 0 radical (unpaired) electrons. The number of nitrogens with one attached hydrogen (secondary N) is 1. The van der Waals surface area contributed by atoms with Gasteiger partial charge in [-0.15, -0.1) is 0 Å². The highest BCUT2D eigenvalue weighted by Crippen LogP contribution is 2.09. The van der Waals surface area contributed by atoms with Crippen LogP contribution < -0.4 is 11.1 Å². The summed E-state index contributed by atoms with van der Waals surface area (Å²) >= 11 is 0. The van der Waals surface area contributed by atoms with Gasteiger partial charge in [-0.05, 0) is 29.7 Å². The predicted octanol–water partition coefficient (Wildman–Crippen LogP) is 2.16. The van der Waals surface area contributed by atoms with Gasteiger partial charge < -0.3 is 11.1 Å². The quantitative estimate of drug-likeness (QED) is 0.879. The highest BCUT2D eigenvalue weighted by Gasteiger charge is 2.07. The summed E-state index contributed by atoms with van der Waals surface area (Å²) < 4.78 is 0. The lowest BCUT2D eigenvalue weighted by Crippen LogP contribution is -2.23. The molecule has 0 aliphatic carbocycles. The molecule has 4 heteroatoms. The average molecular weight is 255 g/mol. The Morgan fingerprint density at radius 3 is 2.68 bits per heavy atom. The van der Waals surface area contributed by atoms with E-state index in [4.69, 9.17) is 5.73 Å². The summed E-state index contributed by atoms with van der Waals surface area (Å²) in [6.07, 6.45) is 2.48. The van der Waals surface area contributed by atoms with Crippen LogP contribution in [0.3, 0.4) is 0 Å². The van der Waals surface area contributed by atoms with Gasteiger partial charge in [0.2, 0.25) is 0 Å². The van der Waals surface area contributed by atoms with Crippen LogP contribution in [0.2, 0.25) is 0 Å². The summed E-state index contributed by atoms with van der Waals surface area (Å²) in [4.78, 5) is 15.8. The molecular weight excluding hydrogens is 238 g/mol. The first-order valence-electron chi connectivity index (χ1n) is 6.27. The molecule has 1 amide bonds. The molecule has 4 nitrogen and oxygen atoms in total. The number of pyridine rings is 1. The number of carbonyl (C=O) groups is 1. The second-order valence-corrected chi connectivity index (χ2v) is 4.27. The lowest BCUT2D eigenvalue weighted by molar-refractivity contribution is 0.0951. The third kappa shape index (κ3) is 3.31. The lowest BCUT2D eigenvalue weighted by Gasteiger charge is -2.09. The molecule has 0 spiro atoms. The van der Waals surface area contributed by atoms with Crippen molar-refractivity contribution < 1.29 is 4.79 Å². The average Bonchev–Trinajstić information content (AvgIpc) is 2.45. The number of hydrogen-bond donors (Lipinski definition) is 2. The third-order valence-electron chi connectivity index (χ3n) is 2.98. The summed E-state index contributed by atoms with van der Waals surface area (Å²) in [6.45, 7) is 2.62. The van der Waals surface area contributed by atoms with Gasteiger partial charge in [-0.25, -0.2) is 4.98 Å². The minimum Gasteiger partial charge on any atom is -0.384 e. The fraction of sp³-hybridized carbons (Fsp3) is 0.200. The number of nitrogen functional groups attached to an aromatic ring is 1. The van der Waals surface area contributed by atoms with Crippen molar-refractivity contribution in [1.82, 2.24) is 10.3 Å². The number of nitrogens with two attached hydrogens (primary N) is 1. The van der Waals surface area contributed by atoms with Gasteiger partial charge in [-0.2, -0.15) is 0 Å². The van der Waals surface area contributed by atoms with Crippen LogP contribution in [0.1, 0.15) is 28.4 Å². The number of aryl methyl sites for hydroxylation is 1. The first kappa shape index (κ1) is 13.1. The summed E-state index contributed by atoms with van der Waals surface area (Å²) in [5.74, 6) is 0.210. The fourth-order valence-electron chi connectivity index (χ4n) is 1.94. The minimum atomic E-state index is -0.139. The van der Waals surface area contributed by atoms with E-state index < -0.39 is 0 Å². The van der Waals surface area contributed by atoms with E-state index in [0.717, 1.165) is 12.0 Å². The SMILES string of the molecule is CCc1ccccc1CNC(=O)c1ccnc(N)c1. The Bertz CT molecular complexity index is 581. The van der Waals surface area contributed by atoms with E-state index in [9.17, 15) is 4.79 Å². The molecule has 0 unspecified atom stereocenters. The zero-order valence-electron chi connectivity index (χ0n) is 10.9.